The molecule has 29 heavy (non-hydrogen) atoms. The molecule has 0 saturated carbocycles. The normalized spacial score (nSPS) is 13.9. The fourth-order valence-electron chi connectivity index (χ4n) is 3.61. The molecule has 7 nitrogen and oxygen atoms in total. The van der Waals surface area contributed by atoms with Crippen LogP contribution in [0.25, 0.3) is 21.8 Å². The van der Waals surface area contributed by atoms with Gasteiger partial charge in [0.15, 0.2) is 0 Å². The fraction of sp³-hybridized carbons (Fsp3) is 0.182. The molecule has 2 heterocycles. The Kier molecular flexibility index (Phi) is 4.72. The zero-order valence-electron chi connectivity index (χ0n) is 16.6. The van der Waals surface area contributed by atoms with Crippen LogP contribution in [0.2, 0.25) is 1.41 Å². The number of hydrogen-bond donors (Lipinski definition) is 5. The summed E-state index contributed by atoms with van der Waals surface area (Å²) >= 11 is 0. The Bertz CT molecular complexity index is 1200. The molecule has 0 saturated heterocycles. The number of carbonyl (C=O) groups excluding carboxylic acids is 1. The van der Waals surface area contributed by atoms with Crippen molar-refractivity contribution in [3.8, 4) is 0 Å². The van der Waals surface area contributed by atoms with Crippen LogP contribution in [0.15, 0.2) is 60.9 Å². The quantitative estimate of drug-likeness (QED) is 0.316. The van der Waals surface area contributed by atoms with Gasteiger partial charge in [0, 0.05) is 40.6 Å². The number of benzene rings is 2. The molecule has 0 aliphatic rings. The van der Waals surface area contributed by atoms with Gasteiger partial charge in [0.1, 0.15) is 7.45 Å². The number of H-pyrrole nitrogens is 2. The Labute approximate surface area is 168 Å². The minimum absolute atomic E-state index is 0.142. The second-order valence-corrected chi connectivity index (χ2v) is 7.08. The second kappa shape index (κ2) is 7.81. The smallest absolute Gasteiger partial charge is 0.326 e. The predicted molar refractivity (Wildman–Crippen MR) is 112 cm³/mol. The summed E-state index contributed by atoms with van der Waals surface area (Å²) in [5, 5.41) is 14.1. The number of carbonyl (C=O) groups is 2. The molecule has 4 rings (SSSR count). The van der Waals surface area contributed by atoms with E-state index in [4.69, 9.17) is 1.41 Å². The lowest BCUT2D eigenvalue weighted by Crippen LogP contribution is -2.50. The lowest BCUT2D eigenvalue weighted by molar-refractivity contribution is -0.141. The molecule has 0 bridgehead atoms. The van der Waals surface area contributed by atoms with E-state index in [2.05, 4.69) is 21.0 Å². The number of fused-ring (bicyclic) bond motifs is 2. The van der Waals surface area contributed by atoms with E-state index in [9.17, 15) is 14.7 Å². The highest BCUT2D eigenvalue weighted by molar-refractivity contribution is 5.89. The number of aromatic amines is 2. The Morgan fingerprint density at radius 1 is 0.966 bits per heavy atom. The van der Waals surface area contributed by atoms with E-state index >= 15 is 0 Å². The summed E-state index contributed by atoms with van der Waals surface area (Å²) in [5.74, 6) is -1.65. The lowest BCUT2D eigenvalue weighted by atomic mass is 10.0. The third-order valence-electron chi connectivity index (χ3n) is 5.13. The van der Waals surface area contributed by atoms with Gasteiger partial charge in [-0.05, 0) is 29.7 Å². The van der Waals surface area contributed by atoms with E-state index in [1.807, 2.05) is 54.7 Å². The van der Waals surface area contributed by atoms with Crippen LogP contribution in [0.1, 0.15) is 11.1 Å². The van der Waals surface area contributed by atoms with E-state index in [1.165, 1.54) is 0 Å². The van der Waals surface area contributed by atoms with E-state index in [1.54, 1.807) is 6.20 Å². The Morgan fingerprint density at radius 2 is 1.52 bits per heavy atom. The first-order valence-corrected chi connectivity index (χ1v) is 9.37. The summed E-state index contributed by atoms with van der Waals surface area (Å²) in [7, 11) is 0. The highest BCUT2D eigenvalue weighted by atomic mass is 16.4. The molecule has 0 aliphatic carbocycles. The van der Waals surface area contributed by atoms with Crippen LogP contribution in [0.3, 0.4) is 0 Å². The van der Waals surface area contributed by atoms with Gasteiger partial charge < -0.3 is 26.1 Å². The number of para-hydroxylation sites is 2. The molecule has 7 heteroatoms. The number of carboxylic acids is 1. The number of aromatic nitrogens is 2. The Balaban J connectivity index is 1.49. The van der Waals surface area contributed by atoms with Gasteiger partial charge in [-0.2, -0.15) is 0 Å². The predicted octanol–water partition coefficient (Wildman–Crippen LogP) is 2.33. The standard InChI is InChI=1S/C22H22N4O3/c23-17(9-13-11-24-18-7-3-1-5-15(13)18)21(27)26-20(22(28)29)10-14-12-25-19-8-4-2-6-16(14)19/h1-8,11-12,17,20,24-25H,9-10,23H2,(H,26,27)(H,28,29)/t17-,20+/m1/s1/i/hD. The van der Waals surface area contributed by atoms with Gasteiger partial charge in [-0.25, -0.2) is 4.79 Å². The van der Waals surface area contributed by atoms with Crippen LogP contribution in [0.4, 0.5) is 0 Å². The second-order valence-electron chi connectivity index (χ2n) is 7.08. The van der Waals surface area contributed by atoms with E-state index < -0.39 is 24.0 Å². The molecule has 2 aromatic carbocycles. The molecule has 6 N–H and O–H groups in total. The summed E-state index contributed by atoms with van der Waals surface area (Å²) in [6.45, 7) is 0. The van der Waals surface area contributed by atoms with Crippen molar-refractivity contribution in [3.05, 3.63) is 72.1 Å². The largest absolute Gasteiger partial charge is 0.480 e. The van der Waals surface area contributed by atoms with Gasteiger partial charge in [0.05, 0.1) is 6.04 Å². The van der Waals surface area contributed by atoms with Gasteiger partial charge in [-0.3, -0.25) is 4.79 Å². The zero-order valence-corrected chi connectivity index (χ0v) is 15.6. The molecule has 0 spiro atoms. The Morgan fingerprint density at radius 3 is 2.07 bits per heavy atom. The average Bonchev–Trinajstić information content (AvgIpc) is 3.35. The van der Waals surface area contributed by atoms with E-state index in [0.29, 0.717) is 0 Å². The number of aliphatic carboxylic acids is 1. The van der Waals surface area contributed by atoms with Crippen LogP contribution in [-0.2, 0) is 22.4 Å². The summed E-state index contributed by atoms with van der Waals surface area (Å²) in [6, 6.07) is 13.3. The molecule has 4 aromatic rings. The van der Waals surface area contributed by atoms with Crippen molar-refractivity contribution in [3.63, 3.8) is 0 Å². The van der Waals surface area contributed by atoms with Crippen molar-refractivity contribution in [2.45, 2.75) is 24.9 Å². The maximum Gasteiger partial charge on any atom is 0.326 e. The van der Waals surface area contributed by atoms with Gasteiger partial charge in [0.25, 0.3) is 0 Å². The first-order chi connectivity index (χ1) is 14.6. The maximum atomic E-state index is 12.8. The van der Waals surface area contributed by atoms with E-state index in [0.717, 1.165) is 32.9 Å². The van der Waals surface area contributed by atoms with Crippen molar-refractivity contribution >= 4 is 33.7 Å². The van der Waals surface area contributed by atoms with Crippen LogP contribution in [-0.4, -0.2) is 39.0 Å². The fourth-order valence-corrected chi connectivity index (χ4v) is 3.61. The number of hydrogen-bond acceptors (Lipinski definition) is 3. The lowest BCUT2D eigenvalue weighted by Gasteiger charge is -2.17. The van der Waals surface area contributed by atoms with Gasteiger partial charge in [-0.1, -0.05) is 36.4 Å². The molecule has 0 aliphatic heterocycles. The van der Waals surface area contributed by atoms with Crippen LogP contribution < -0.4 is 11.0 Å². The maximum absolute atomic E-state index is 12.8. The van der Waals surface area contributed by atoms with Crippen molar-refractivity contribution in [2.24, 2.45) is 5.73 Å². The summed E-state index contributed by atoms with van der Waals surface area (Å²) in [6.07, 6.45) is 3.98. The molecular formula is C22H22N4O3. The van der Waals surface area contributed by atoms with Crippen LogP contribution >= 0.6 is 0 Å². The number of nitrogens with two attached hydrogens (primary N) is 1. The van der Waals surface area contributed by atoms with Crippen molar-refractivity contribution in [1.29, 1.82) is 0 Å². The highest BCUT2D eigenvalue weighted by Gasteiger charge is 2.25. The van der Waals surface area contributed by atoms with Crippen LogP contribution in [0.5, 0.6) is 0 Å². The minimum Gasteiger partial charge on any atom is -0.480 e. The number of carboxylic acid groups (broad SMARTS) is 1. The molecule has 2 atom stereocenters. The first-order valence-electron chi connectivity index (χ1n) is 9.87. The molecule has 0 unspecified atom stereocenters. The third-order valence-corrected chi connectivity index (χ3v) is 5.13. The van der Waals surface area contributed by atoms with Crippen molar-refractivity contribution in [2.75, 3.05) is 0 Å². The van der Waals surface area contributed by atoms with Crippen molar-refractivity contribution < 1.29 is 16.1 Å². The molecular weight excluding hydrogens is 368 g/mol. The SMILES string of the molecule is [2H]N[C@H](Cc1c[nH]c2ccccc12)C(=O)N[C@@H](Cc1c[nH]c2ccccc12)C(=O)O. The molecule has 148 valence electrons. The highest BCUT2D eigenvalue weighted by Crippen LogP contribution is 2.20. The van der Waals surface area contributed by atoms with Crippen molar-refractivity contribution in [1.82, 2.24) is 15.3 Å². The average molecular weight is 391 g/mol. The van der Waals surface area contributed by atoms with E-state index in [-0.39, 0.29) is 12.8 Å². The molecule has 0 radical (unpaired) electrons. The first kappa shape index (κ1) is 17.5. The Hall–Kier alpha value is -3.58. The third kappa shape index (κ3) is 3.86. The molecule has 0 fully saturated rings. The minimum atomic E-state index is -1.12. The summed E-state index contributed by atoms with van der Waals surface area (Å²) < 4.78 is 7.58. The molecule has 2 aromatic heterocycles. The molecule has 1 amide bonds. The zero-order chi connectivity index (χ0) is 21.1. The number of nitrogens with one attached hydrogen (secondary N) is 3. The van der Waals surface area contributed by atoms with Crippen LogP contribution in [0, 0.1) is 0 Å². The number of rotatable bonds is 8. The monoisotopic (exact) mass is 391 g/mol. The van der Waals surface area contributed by atoms with Gasteiger partial charge in [-0.15, -0.1) is 0 Å². The summed E-state index contributed by atoms with van der Waals surface area (Å²) in [4.78, 5) is 30.8. The number of amides is 1. The summed E-state index contributed by atoms with van der Waals surface area (Å²) in [5.41, 5.74) is 5.81. The van der Waals surface area contributed by atoms with Gasteiger partial charge in [0.2, 0.25) is 5.91 Å². The van der Waals surface area contributed by atoms with Gasteiger partial charge >= 0.3 is 5.97 Å². The topological polar surface area (TPSA) is 124 Å².